The molecule has 0 aromatic heterocycles. The lowest BCUT2D eigenvalue weighted by Gasteiger charge is -2.30. The van der Waals surface area contributed by atoms with E-state index in [2.05, 4.69) is 10.1 Å². The van der Waals surface area contributed by atoms with Crippen LogP contribution in [0.1, 0.15) is 54.4 Å². The molecule has 146 valence electrons. The van der Waals surface area contributed by atoms with E-state index in [-0.39, 0.29) is 17.9 Å². The summed E-state index contributed by atoms with van der Waals surface area (Å²) in [6.45, 7) is 0. The van der Waals surface area contributed by atoms with E-state index in [1.165, 1.54) is 12.1 Å². The summed E-state index contributed by atoms with van der Waals surface area (Å²) in [6, 6.07) is 3.48. The van der Waals surface area contributed by atoms with Crippen LogP contribution in [0.2, 0.25) is 0 Å². The van der Waals surface area contributed by atoms with Gasteiger partial charge in [0, 0.05) is 6.04 Å². The van der Waals surface area contributed by atoms with Crippen molar-refractivity contribution in [2.24, 2.45) is 0 Å². The third-order valence-electron chi connectivity index (χ3n) is 4.77. The predicted octanol–water partition coefficient (Wildman–Crippen LogP) is 1.61. The van der Waals surface area contributed by atoms with Crippen molar-refractivity contribution in [1.82, 2.24) is 5.32 Å². The number of nitro benzene ring substituents is 1. The van der Waals surface area contributed by atoms with Gasteiger partial charge in [-0.3, -0.25) is 24.5 Å². The summed E-state index contributed by atoms with van der Waals surface area (Å²) in [7, 11) is 1.08. The normalized spacial score (nSPS) is 16.8. The standard InChI is InChI=1S/C18H22N2O7/c1-27-15(22)10-18(24,17(23)19-13-7-3-2-4-8-13)14-9-5-6-12(11-21)16(14)20(25)26/h5-6,9,11,13,24H,2-4,7-8,10H2,1H3,(H,19,23). The Kier molecular flexibility index (Phi) is 6.62. The number of rotatable bonds is 7. The summed E-state index contributed by atoms with van der Waals surface area (Å²) in [6.07, 6.45) is 3.77. The number of nitrogens with zero attached hydrogens (tertiary/aromatic N) is 1. The molecule has 1 aromatic rings. The molecule has 1 fully saturated rings. The van der Waals surface area contributed by atoms with Gasteiger partial charge in [-0.2, -0.15) is 0 Å². The average molecular weight is 378 g/mol. The van der Waals surface area contributed by atoms with Crippen molar-refractivity contribution in [3.63, 3.8) is 0 Å². The van der Waals surface area contributed by atoms with Crippen molar-refractivity contribution in [3.05, 3.63) is 39.4 Å². The zero-order valence-electron chi connectivity index (χ0n) is 15.0. The van der Waals surface area contributed by atoms with Crippen LogP contribution in [0.15, 0.2) is 18.2 Å². The molecule has 2 N–H and O–H groups in total. The number of ether oxygens (including phenoxy) is 1. The van der Waals surface area contributed by atoms with Crippen molar-refractivity contribution >= 4 is 23.9 Å². The van der Waals surface area contributed by atoms with Gasteiger partial charge in [0.1, 0.15) is 0 Å². The Morgan fingerprint density at radius 2 is 2.04 bits per heavy atom. The maximum Gasteiger partial charge on any atom is 0.309 e. The highest BCUT2D eigenvalue weighted by Gasteiger charge is 2.46. The van der Waals surface area contributed by atoms with E-state index in [1.807, 2.05) is 0 Å². The van der Waals surface area contributed by atoms with Crippen molar-refractivity contribution < 1.29 is 29.2 Å². The van der Waals surface area contributed by atoms with Gasteiger partial charge >= 0.3 is 5.97 Å². The number of aldehydes is 1. The largest absolute Gasteiger partial charge is 0.469 e. The highest BCUT2D eigenvalue weighted by Crippen LogP contribution is 2.35. The van der Waals surface area contributed by atoms with Crippen molar-refractivity contribution in [1.29, 1.82) is 0 Å². The van der Waals surface area contributed by atoms with E-state index in [4.69, 9.17) is 0 Å². The second kappa shape index (κ2) is 8.72. The number of hydrogen-bond acceptors (Lipinski definition) is 7. The summed E-state index contributed by atoms with van der Waals surface area (Å²) >= 11 is 0. The minimum absolute atomic E-state index is 0.191. The third kappa shape index (κ3) is 4.48. The zero-order valence-corrected chi connectivity index (χ0v) is 15.0. The maximum absolute atomic E-state index is 12.9. The number of para-hydroxylation sites is 1. The van der Waals surface area contributed by atoms with Crippen LogP contribution in [0, 0.1) is 10.1 Å². The van der Waals surface area contributed by atoms with Crippen LogP contribution in [0.3, 0.4) is 0 Å². The number of carbonyl (C=O) groups is 3. The second-order valence-corrected chi connectivity index (χ2v) is 6.54. The number of aliphatic hydroxyl groups is 1. The molecule has 1 saturated carbocycles. The van der Waals surface area contributed by atoms with Crippen LogP contribution in [-0.4, -0.2) is 41.3 Å². The Bertz CT molecular complexity index is 743. The second-order valence-electron chi connectivity index (χ2n) is 6.54. The number of hydrogen-bond donors (Lipinski definition) is 2. The summed E-state index contributed by atoms with van der Waals surface area (Å²) in [5.41, 5.74) is -3.97. The Balaban J connectivity index is 2.50. The Hall–Kier alpha value is -2.81. The molecule has 0 spiro atoms. The van der Waals surface area contributed by atoms with Crippen molar-refractivity contribution in [3.8, 4) is 0 Å². The molecule has 0 saturated heterocycles. The Labute approximate surface area is 155 Å². The third-order valence-corrected chi connectivity index (χ3v) is 4.77. The molecule has 0 radical (unpaired) electrons. The number of amides is 1. The number of esters is 1. The van der Waals surface area contributed by atoms with Gasteiger partial charge in [-0.15, -0.1) is 0 Å². The SMILES string of the molecule is COC(=O)CC(O)(C(=O)NC1CCCCC1)c1cccc(C=O)c1[N+](=O)[O-]. The first kappa shape index (κ1) is 20.5. The van der Waals surface area contributed by atoms with Gasteiger partial charge in [-0.25, -0.2) is 0 Å². The molecule has 1 aliphatic carbocycles. The minimum atomic E-state index is -2.54. The number of nitrogens with one attached hydrogen (secondary N) is 1. The maximum atomic E-state index is 12.9. The summed E-state index contributed by atoms with van der Waals surface area (Å²) in [4.78, 5) is 46.6. The first-order valence-corrected chi connectivity index (χ1v) is 8.66. The van der Waals surface area contributed by atoms with E-state index in [0.717, 1.165) is 45.3 Å². The fraction of sp³-hybridized carbons (Fsp3) is 0.500. The van der Waals surface area contributed by atoms with Crippen molar-refractivity contribution in [2.45, 2.75) is 50.2 Å². The molecule has 1 aromatic carbocycles. The Morgan fingerprint density at radius 3 is 2.59 bits per heavy atom. The summed E-state index contributed by atoms with van der Waals surface area (Å²) in [5, 5.41) is 25.3. The summed E-state index contributed by atoms with van der Waals surface area (Å²) < 4.78 is 4.55. The molecular formula is C18H22N2O7. The molecule has 1 atom stereocenters. The van der Waals surface area contributed by atoms with Gasteiger partial charge in [0.2, 0.25) is 0 Å². The van der Waals surface area contributed by atoms with Crippen molar-refractivity contribution in [2.75, 3.05) is 7.11 Å². The molecule has 27 heavy (non-hydrogen) atoms. The predicted molar refractivity (Wildman–Crippen MR) is 94.0 cm³/mol. The van der Waals surface area contributed by atoms with E-state index in [1.54, 1.807) is 0 Å². The molecule has 0 bridgehead atoms. The van der Waals surface area contributed by atoms with Crippen LogP contribution in [0.4, 0.5) is 5.69 Å². The number of methoxy groups -OCH3 is 1. The zero-order chi connectivity index (χ0) is 20.0. The van der Waals surface area contributed by atoms with Crippen LogP contribution in [-0.2, 0) is 19.9 Å². The molecule has 1 unspecified atom stereocenters. The van der Waals surface area contributed by atoms with Gasteiger partial charge in [0.05, 0.1) is 29.6 Å². The molecule has 1 amide bonds. The van der Waals surface area contributed by atoms with Gasteiger partial charge < -0.3 is 15.2 Å². The smallest absolute Gasteiger partial charge is 0.309 e. The number of nitro groups is 1. The average Bonchev–Trinajstić information content (AvgIpc) is 2.67. The fourth-order valence-corrected chi connectivity index (χ4v) is 3.32. The molecule has 1 aliphatic rings. The van der Waals surface area contributed by atoms with Gasteiger partial charge in [0.15, 0.2) is 11.9 Å². The fourth-order valence-electron chi connectivity index (χ4n) is 3.32. The van der Waals surface area contributed by atoms with Crippen LogP contribution in [0.5, 0.6) is 0 Å². The van der Waals surface area contributed by atoms with Gasteiger partial charge in [0.25, 0.3) is 11.6 Å². The molecular weight excluding hydrogens is 356 g/mol. The highest BCUT2D eigenvalue weighted by molar-refractivity contribution is 5.93. The topological polar surface area (TPSA) is 136 Å². The highest BCUT2D eigenvalue weighted by atomic mass is 16.6. The molecule has 0 heterocycles. The lowest BCUT2D eigenvalue weighted by molar-refractivity contribution is -0.386. The van der Waals surface area contributed by atoms with Crippen LogP contribution < -0.4 is 5.32 Å². The van der Waals surface area contributed by atoms with E-state index in [0.29, 0.717) is 0 Å². The van der Waals surface area contributed by atoms with Crippen LogP contribution in [0.25, 0.3) is 0 Å². The van der Waals surface area contributed by atoms with E-state index < -0.39 is 40.1 Å². The Morgan fingerprint density at radius 1 is 1.37 bits per heavy atom. The summed E-state index contributed by atoms with van der Waals surface area (Å²) in [5.74, 6) is -1.84. The van der Waals surface area contributed by atoms with Gasteiger partial charge in [-0.1, -0.05) is 25.3 Å². The van der Waals surface area contributed by atoms with Crippen LogP contribution >= 0.6 is 0 Å². The lowest BCUT2D eigenvalue weighted by atomic mass is 9.85. The van der Waals surface area contributed by atoms with E-state index >= 15 is 0 Å². The number of carbonyl (C=O) groups excluding carboxylic acids is 3. The first-order chi connectivity index (χ1) is 12.8. The monoisotopic (exact) mass is 378 g/mol. The first-order valence-electron chi connectivity index (χ1n) is 8.66. The van der Waals surface area contributed by atoms with E-state index in [9.17, 15) is 29.6 Å². The lowest BCUT2D eigenvalue weighted by Crippen LogP contribution is -2.50. The minimum Gasteiger partial charge on any atom is -0.469 e. The number of benzene rings is 1. The molecule has 0 aliphatic heterocycles. The van der Waals surface area contributed by atoms with Gasteiger partial charge in [-0.05, 0) is 25.0 Å². The molecule has 2 rings (SSSR count). The quantitative estimate of drug-likeness (QED) is 0.318. The molecule has 9 heteroatoms. The molecule has 9 nitrogen and oxygen atoms in total.